The normalized spacial score (nSPS) is 17.1. The Morgan fingerprint density at radius 2 is 1.95 bits per heavy atom. The van der Waals surface area contributed by atoms with E-state index in [4.69, 9.17) is 10.5 Å². The predicted octanol–water partition coefficient (Wildman–Crippen LogP) is 2.48. The van der Waals surface area contributed by atoms with E-state index >= 15 is 0 Å². The van der Waals surface area contributed by atoms with Gasteiger partial charge in [0.1, 0.15) is 10.6 Å². The third-order valence-corrected chi connectivity index (χ3v) is 6.04. The summed E-state index contributed by atoms with van der Waals surface area (Å²) in [6.07, 6.45) is 5.88. The molecule has 0 aromatic heterocycles. The lowest BCUT2D eigenvalue weighted by atomic mass is 9.89. The molecule has 1 aliphatic rings. The van der Waals surface area contributed by atoms with Crippen LogP contribution in [-0.4, -0.2) is 33.4 Å². The Kier molecular flexibility index (Phi) is 5.11. The van der Waals surface area contributed by atoms with Gasteiger partial charge >= 0.3 is 0 Å². The fourth-order valence-electron chi connectivity index (χ4n) is 2.89. The van der Waals surface area contributed by atoms with E-state index in [-0.39, 0.29) is 10.6 Å². The maximum absolute atomic E-state index is 12.6. The maximum atomic E-state index is 12.6. The van der Waals surface area contributed by atoms with E-state index in [0.29, 0.717) is 18.2 Å². The van der Waals surface area contributed by atoms with Crippen molar-refractivity contribution in [2.45, 2.75) is 37.0 Å². The lowest BCUT2D eigenvalue weighted by Gasteiger charge is -2.27. The van der Waals surface area contributed by atoms with Crippen molar-refractivity contribution in [3.8, 4) is 5.75 Å². The molecule has 1 saturated carbocycles. The van der Waals surface area contributed by atoms with Crippen molar-refractivity contribution < 1.29 is 13.2 Å². The highest BCUT2D eigenvalue weighted by molar-refractivity contribution is 7.89. The summed E-state index contributed by atoms with van der Waals surface area (Å²) in [4.78, 5) is 0.154. The topological polar surface area (TPSA) is 72.6 Å². The van der Waals surface area contributed by atoms with Gasteiger partial charge in [-0.1, -0.05) is 19.3 Å². The number of benzene rings is 1. The number of nitrogens with two attached hydrogens (primary N) is 1. The highest BCUT2D eigenvalue weighted by Gasteiger charge is 2.26. The van der Waals surface area contributed by atoms with Crippen LogP contribution < -0.4 is 10.5 Å². The summed E-state index contributed by atoms with van der Waals surface area (Å²) in [7, 11) is -0.383. The summed E-state index contributed by atoms with van der Waals surface area (Å²) in [6, 6.07) is 4.68. The lowest BCUT2D eigenvalue weighted by Crippen LogP contribution is -2.33. The molecule has 0 aliphatic heterocycles. The van der Waals surface area contributed by atoms with Crippen molar-refractivity contribution in [1.82, 2.24) is 4.31 Å². The molecule has 118 valence electrons. The fraction of sp³-hybridized carbons (Fsp3) is 0.600. The van der Waals surface area contributed by atoms with Crippen LogP contribution in [-0.2, 0) is 10.0 Å². The fourth-order valence-corrected chi connectivity index (χ4v) is 4.23. The van der Waals surface area contributed by atoms with Crippen molar-refractivity contribution in [3.63, 3.8) is 0 Å². The first-order valence-corrected chi connectivity index (χ1v) is 8.79. The van der Waals surface area contributed by atoms with Crippen LogP contribution in [0.15, 0.2) is 23.1 Å². The Balaban J connectivity index is 2.16. The molecule has 0 unspecified atom stereocenters. The van der Waals surface area contributed by atoms with Crippen molar-refractivity contribution in [3.05, 3.63) is 18.2 Å². The zero-order chi connectivity index (χ0) is 15.5. The van der Waals surface area contributed by atoms with E-state index in [1.807, 2.05) is 0 Å². The molecule has 0 radical (unpaired) electrons. The minimum absolute atomic E-state index is 0.154. The Bertz CT molecular complexity index is 581. The van der Waals surface area contributed by atoms with Gasteiger partial charge < -0.3 is 10.5 Å². The van der Waals surface area contributed by atoms with Crippen LogP contribution >= 0.6 is 0 Å². The van der Waals surface area contributed by atoms with Gasteiger partial charge in [-0.3, -0.25) is 0 Å². The number of rotatable bonds is 5. The molecule has 1 fully saturated rings. The van der Waals surface area contributed by atoms with Crippen molar-refractivity contribution >= 4 is 15.7 Å². The Labute approximate surface area is 127 Å². The first kappa shape index (κ1) is 16.1. The molecule has 2 N–H and O–H groups in total. The molecule has 2 rings (SSSR count). The minimum Gasteiger partial charge on any atom is -0.497 e. The smallest absolute Gasteiger partial charge is 0.244 e. The monoisotopic (exact) mass is 312 g/mol. The Morgan fingerprint density at radius 1 is 1.29 bits per heavy atom. The zero-order valence-corrected chi connectivity index (χ0v) is 13.5. The average molecular weight is 312 g/mol. The summed E-state index contributed by atoms with van der Waals surface area (Å²) in [5.74, 6) is 1.01. The maximum Gasteiger partial charge on any atom is 0.244 e. The van der Waals surface area contributed by atoms with Gasteiger partial charge in [0.25, 0.3) is 0 Å². The Hall–Kier alpha value is -1.27. The second kappa shape index (κ2) is 6.66. The lowest BCUT2D eigenvalue weighted by molar-refractivity contribution is 0.300. The molecule has 1 aromatic carbocycles. The van der Waals surface area contributed by atoms with Gasteiger partial charge in [0.05, 0.1) is 12.8 Å². The van der Waals surface area contributed by atoms with Crippen LogP contribution in [0.1, 0.15) is 32.1 Å². The summed E-state index contributed by atoms with van der Waals surface area (Å²) in [5, 5.41) is 0. The molecular formula is C15H24N2O3S. The number of nitrogen functional groups attached to an aromatic ring is 1. The van der Waals surface area contributed by atoms with E-state index in [1.54, 1.807) is 19.2 Å². The van der Waals surface area contributed by atoms with Crippen LogP contribution in [0, 0.1) is 5.92 Å². The third-order valence-electron chi connectivity index (χ3n) is 4.15. The predicted molar refractivity (Wildman–Crippen MR) is 83.8 cm³/mol. The molecule has 6 heteroatoms. The number of ether oxygens (including phenoxy) is 1. The van der Waals surface area contributed by atoms with Gasteiger partial charge in [-0.2, -0.15) is 0 Å². The third kappa shape index (κ3) is 3.68. The largest absolute Gasteiger partial charge is 0.497 e. The summed E-state index contributed by atoms with van der Waals surface area (Å²) >= 11 is 0. The van der Waals surface area contributed by atoms with Crippen molar-refractivity contribution in [2.24, 2.45) is 5.92 Å². The quantitative estimate of drug-likeness (QED) is 0.848. The second-order valence-corrected chi connectivity index (χ2v) is 7.71. The molecule has 21 heavy (non-hydrogen) atoms. The van der Waals surface area contributed by atoms with Gasteiger partial charge in [-0.05, 0) is 30.9 Å². The standard InChI is InChI=1S/C15H24N2O3S/c1-17(11-12-6-4-3-5-7-12)21(18,19)15-9-8-13(20-2)10-14(15)16/h8-10,12H,3-7,11,16H2,1-2H3. The number of methoxy groups -OCH3 is 1. The van der Waals surface area contributed by atoms with Crippen molar-refractivity contribution in [2.75, 3.05) is 26.4 Å². The highest BCUT2D eigenvalue weighted by atomic mass is 32.2. The number of anilines is 1. The van der Waals surface area contributed by atoms with Crippen molar-refractivity contribution in [1.29, 1.82) is 0 Å². The zero-order valence-electron chi connectivity index (χ0n) is 12.7. The molecule has 0 bridgehead atoms. The number of hydrogen-bond donors (Lipinski definition) is 1. The van der Waals surface area contributed by atoms with Crippen LogP contribution in [0.2, 0.25) is 0 Å². The van der Waals surface area contributed by atoms with Gasteiger partial charge in [-0.15, -0.1) is 0 Å². The molecule has 0 heterocycles. The van der Waals surface area contributed by atoms with E-state index < -0.39 is 10.0 Å². The molecular weight excluding hydrogens is 288 g/mol. The van der Waals surface area contributed by atoms with Gasteiger partial charge in [0.15, 0.2) is 0 Å². The molecule has 0 amide bonds. The summed E-state index contributed by atoms with van der Waals surface area (Å²) < 4.78 is 31.8. The van der Waals surface area contributed by atoms with Crippen LogP contribution in [0.3, 0.4) is 0 Å². The first-order valence-electron chi connectivity index (χ1n) is 7.35. The van der Waals surface area contributed by atoms with E-state index in [2.05, 4.69) is 0 Å². The number of sulfonamides is 1. The van der Waals surface area contributed by atoms with Crippen LogP contribution in [0.4, 0.5) is 5.69 Å². The summed E-state index contributed by atoms with van der Waals surface area (Å²) in [6.45, 7) is 0.563. The molecule has 0 saturated heterocycles. The average Bonchev–Trinajstić information content (AvgIpc) is 2.47. The van der Waals surface area contributed by atoms with Crippen LogP contribution in [0.5, 0.6) is 5.75 Å². The molecule has 0 atom stereocenters. The Morgan fingerprint density at radius 3 is 2.52 bits per heavy atom. The molecule has 5 nitrogen and oxygen atoms in total. The van der Waals surface area contributed by atoms with E-state index in [9.17, 15) is 8.42 Å². The first-order chi connectivity index (χ1) is 9.95. The minimum atomic E-state index is -3.54. The SMILES string of the molecule is COc1ccc(S(=O)(=O)N(C)CC2CCCCC2)c(N)c1. The molecule has 1 aromatic rings. The van der Waals surface area contributed by atoms with E-state index in [1.165, 1.54) is 36.7 Å². The molecule has 0 spiro atoms. The number of hydrogen-bond acceptors (Lipinski definition) is 4. The van der Waals surface area contributed by atoms with E-state index in [0.717, 1.165) is 12.8 Å². The molecule has 1 aliphatic carbocycles. The summed E-state index contributed by atoms with van der Waals surface area (Å²) in [5.41, 5.74) is 6.09. The van der Waals surface area contributed by atoms with Gasteiger partial charge in [-0.25, -0.2) is 12.7 Å². The van der Waals surface area contributed by atoms with Gasteiger partial charge in [0.2, 0.25) is 10.0 Å². The second-order valence-electron chi connectivity index (χ2n) is 5.69. The van der Waals surface area contributed by atoms with Crippen LogP contribution in [0.25, 0.3) is 0 Å². The number of nitrogens with zero attached hydrogens (tertiary/aromatic N) is 1. The van der Waals surface area contributed by atoms with Gasteiger partial charge in [0, 0.05) is 19.7 Å². The highest BCUT2D eigenvalue weighted by Crippen LogP contribution is 2.29.